The molecule has 0 saturated carbocycles. The van der Waals surface area contributed by atoms with E-state index < -0.39 is 15.4 Å². The summed E-state index contributed by atoms with van der Waals surface area (Å²) in [6.45, 7) is 2.04. The molecule has 4 rings (SSSR count). The number of fused-ring (bicyclic) bond motifs is 3. The molecule has 0 unspecified atom stereocenters. The van der Waals surface area contributed by atoms with E-state index in [2.05, 4.69) is 0 Å². The van der Waals surface area contributed by atoms with Crippen molar-refractivity contribution in [3.63, 3.8) is 0 Å². The van der Waals surface area contributed by atoms with E-state index >= 15 is 0 Å². The molecule has 0 aliphatic carbocycles. The zero-order valence-corrected chi connectivity index (χ0v) is 15.2. The second-order valence-electron chi connectivity index (χ2n) is 6.71. The molecule has 2 atom stereocenters. The lowest BCUT2D eigenvalue weighted by Gasteiger charge is -2.34. The van der Waals surface area contributed by atoms with Gasteiger partial charge in [0.1, 0.15) is 17.7 Å². The Morgan fingerprint density at radius 1 is 1.04 bits per heavy atom. The molecule has 2 aromatic carbocycles. The van der Waals surface area contributed by atoms with Crippen molar-refractivity contribution in [3.8, 4) is 5.75 Å². The van der Waals surface area contributed by atoms with Gasteiger partial charge in [0.25, 0.3) is 0 Å². The summed E-state index contributed by atoms with van der Waals surface area (Å²) in [7, 11) is -1.51. The topological polar surface area (TPSA) is 49.9 Å². The summed E-state index contributed by atoms with van der Waals surface area (Å²) in [5.74, 6) is 1.32. The normalized spacial score (nSPS) is 24.8. The molecule has 0 radical (unpaired) electrons. The highest BCUT2D eigenvalue weighted by Crippen LogP contribution is 2.54. The minimum atomic E-state index is -3.44. The highest BCUT2D eigenvalue weighted by atomic mass is 32.2. The number of hydrogen-bond acceptors (Lipinski definition) is 4. The summed E-state index contributed by atoms with van der Waals surface area (Å²) >= 11 is 0. The maximum Gasteiger partial charge on any atom is 0.233 e. The second-order valence-corrected chi connectivity index (χ2v) is 8.59. The molecule has 25 heavy (non-hydrogen) atoms. The average molecular weight is 356 g/mol. The second kappa shape index (κ2) is 5.26. The molecule has 5 nitrogen and oxygen atoms in total. The van der Waals surface area contributed by atoms with Crippen molar-refractivity contribution >= 4 is 15.7 Å². The molecular formula is C19H20N2O3S. The molecule has 6 heteroatoms. The van der Waals surface area contributed by atoms with E-state index in [1.807, 2.05) is 73.5 Å². The summed E-state index contributed by atoms with van der Waals surface area (Å²) in [6, 6.07) is 17.4. The minimum absolute atomic E-state index is 0.376. The lowest BCUT2D eigenvalue weighted by molar-refractivity contribution is 0.287. The monoisotopic (exact) mass is 356 g/mol. The first-order chi connectivity index (χ1) is 11.8. The van der Waals surface area contributed by atoms with E-state index in [9.17, 15) is 8.42 Å². The summed E-state index contributed by atoms with van der Waals surface area (Å²) in [5.41, 5.74) is 1.51. The molecule has 0 aromatic heterocycles. The van der Waals surface area contributed by atoms with Gasteiger partial charge in [-0.3, -0.25) is 4.31 Å². The van der Waals surface area contributed by atoms with Crippen LogP contribution in [0.3, 0.4) is 0 Å². The smallest absolute Gasteiger partial charge is 0.233 e. The molecule has 0 fully saturated rings. The Labute approximate surface area is 148 Å². The van der Waals surface area contributed by atoms with E-state index in [1.165, 1.54) is 10.6 Å². The third-order valence-electron chi connectivity index (χ3n) is 5.08. The van der Waals surface area contributed by atoms with Crippen LogP contribution in [-0.2, 0) is 15.4 Å². The van der Waals surface area contributed by atoms with Crippen molar-refractivity contribution in [3.05, 3.63) is 72.1 Å². The van der Waals surface area contributed by atoms with Crippen LogP contribution in [0.1, 0.15) is 12.5 Å². The molecule has 0 bridgehead atoms. The van der Waals surface area contributed by atoms with Crippen LogP contribution in [0.25, 0.3) is 0 Å². The molecule has 130 valence electrons. The Hall–Kier alpha value is -2.47. The van der Waals surface area contributed by atoms with Crippen LogP contribution in [0.4, 0.5) is 5.69 Å². The van der Waals surface area contributed by atoms with Gasteiger partial charge in [-0.15, -0.1) is 0 Å². The van der Waals surface area contributed by atoms with Crippen LogP contribution in [0.5, 0.6) is 5.75 Å². The van der Waals surface area contributed by atoms with Crippen LogP contribution in [0.15, 0.2) is 66.6 Å². The molecule has 0 spiro atoms. The van der Waals surface area contributed by atoms with Crippen LogP contribution in [-0.4, -0.2) is 32.2 Å². The number of para-hydroxylation sites is 2. The SMILES string of the molecule is CN1c2ccccc2[C@@]2(C)C(Oc3ccccc3)=CN(S(C)(=O)=O)[C@H]12. The largest absolute Gasteiger partial charge is 0.459 e. The van der Waals surface area contributed by atoms with Crippen LogP contribution < -0.4 is 9.64 Å². The van der Waals surface area contributed by atoms with Crippen LogP contribution in [0.2, 0.25) is 0 Å². The van der Waals surface area contributed by atoms with Gasteiger partial charge in [0, 0.05) is 12.7 Å². The van der Waals surface area contributed by atoms with Crippen LogP contribution in [0, 0.1) is 0 Å². The molecule has 2 aliphatic heterocycles. The standard InChI is InChI=1S/C19H20N2O3S/c1-19-15-11-7-8-12-16(15)20(2)18(19)21(25(3,22)23)13-17(19)24-14-9-5-4-6-10-14/h4-13,18H,1-3H3/t18-,19-/m0/s1. The third kappa shape index (κ3) is 2.24. The Morgan fingerprint density at radius 3 is 2.36 bits per heavy atom. The van der Waals surface area contributed by atoms with Crippen molar-refractivity contribution in [2.45, 2.75) is 18.5 Å². The van der Waals surface area contributed by atoms with E-state index in [0.717, 1.165) is 11.3 Å². The third-order valence-corrected chi connectivity index (χ3v) is 6.15. The van der Waals surface area contributed by atoms with Gasteiger partial charge in [-0.1, -0.05) is 36.4 Å². The summed E-state index contributed by atoms with van der Waals surface area (Å²) < 4.78 is 32.4. The fraction of sp³-hybridized carbons (Fsp3) is 0.263. The number of likely N-dealkylation sites (N-methyl/N-ethyl adjacent to an activating group) is 1. The van der Waals surface area contributed by atoms with Gasteiger partial charge in [-0.05, 0) is 30.7 Å². The predicted octanol–water partition coefficient (Wildman–Crippen LogP) is 2.92. The number of rotatable bonds is 3. The molecule has 2 heterocycles. The van der Waals surface area contributed by atoms with Crippen molar-refractivity contribution in [2.75, 3.05) is 18.2 Å². The van der Waals surface area contributed by atoms with Gasteiger partial charge in [0.15, 0.2) is 0 Å². The maximum atomic E-state index is 12.4. The summed E-state index contributed by atoms with van der Waals surface area (Å²) in [5, 5.41) is 0. The number of benzene rings is 2. The Kier molecular flexibility index (Phi) is 3.37. The zero-order chi connectivity index (χ0) is 17.8. The first-order valence-corrected chi connectivity index (χ1v) is 9.94. The Balaban J connectivity index is 1.88. The van der Waals surface area contributed by atoms with E-state index in [0.29, 0.717) is 11.5 Å². The zero-order valence-electron chi connectivity index (χ0n) is 14.4. The van der Waals surface area contributed by atoms with Crippen molar-refractivity contribution < 1.29 is 13.2 Å². The van der Waals surface area contributed by atoms with Crippen LogP contribution >= 0.6 is 0 Å². The van der Waals surface area contributed by atoms with Gasteiger partial charge in [-0.25, -0.2) is 8.42 Å². The lowest BCUT2D eigenvalue weighted by Crippen LogP contribution is -2.50. The van der Waals surface area contributed by atoms with Gasteiger partial charge in [0.2, 0.25) is 10.0 Å². The summed E-state index contributed by atoms with van der Waals surface area (Å²) in [4.78, 5) is 2.01. The molecule has 2 aromatic rings. The minimum Gasteiger partial charge on any atom is -0.459 e. The lowest BCUT2D eigenvalue weighted by atomic mass is 9.82. The Bertz CT molecular complexity index is 956. The fourth-order valence-corrected chi connectivity index (χ4v) is 4.91. The number of nitrogens with zero attached hydrogens (tertiary/aromatic N) is 2. The molecule has 0 N–H and O–H groups in total. The molecule has 2 aliphatic rings. The van der Waals surface area contributed by atoms with E-state index in [1.54, 1.807) is 6.20 Å². The molecule has 0 amide bonds. The number of sulfonamides is 1. The van der Waals surface area contributed by atoms with E-state index in [4.69, 9.17) is 4.74 Å². The highest BCUT2D eigenvalue weighted by molar-refractivity contribution is 7.88. The highest BCUT2D eigenvalue weighted by Gasteiger charge is 2.58. The van der Waals surface area contributed by atoms with Crippen molar-refractivity contribution in [2.24, 2.45) is 0 Å². The van der Waals surface area contributed by atoms with Crippen molar-refractivity contribution in [1.82, 2.24) is 4.31 Å². The first-order valence-electron chi connectivity index (χ1n) is 8.09. The van der Waals surface area contributed by atoms with Gasteiger partial charge >= 0.3 is 0 Å². The summed E-state index contributed by atoms with van der Waals surface area (Å²) in [6.07, 6.45) is 2.48. The number of anilines is 1. The molecular weight excluding hydrogens is 336 g/mol. The van der Waals surface area contributed by atoms with Gasteiger partial charge < -0.3 is 9.64 Å². The van der Waals surface area contributed by atoms with E-state index in [-0.39, 0.29) is 6.17 Å². The quantitative estimate of drug-likeness (QED) is 0.848. The number of ether oxygens (including phenoxy) is 1. The predicted molar refractivity (Wildman–Crippen MR) is 97.8 cm³/mol. The number of hydrogen-bond donors (Lipinski definition) is 0. The average Bonchev–Trinajstić information content (AvgIpc) is 3.00. The van der Waals surface area contributed by atoms with Gasteiger partial charge in [0.05, 0.1) is 17.9 Å². The maximum absolute atomic E-state index is 12.4. The Morgan fingerprint density at radius 2 is 1.68 bits per heavy atom. The van der Waals surface area contributed by atoms with Crippen molar-refractivity contribution in [1.29, 1.82) is 0 Å². The van der Waals surface area contributed by atoms with Gasteiger partial charge in [-0.2, -0.15) is 0 Å². The fourth-order valence-electron chi connectivity index (χ4n) is 3.91. The first kappa shape index (κ1) is 16.0. The molecule has 0 saturated heterocycles.